The minimum atomic E-state index is -0.819. The number of carbonyl (C=O) groups is 2. The van der Waals surface area contributed by atoms with Crippen molar-refractivity contribution in [2.24, 2.45) is 0 Å². The van der Waals surface area contributed by atoms with Gasteiger partial charge in [0.05, 0.1) is 18.8 Å². The number of halogens is 2. The predicted octanol–water partition coefficient (Wildman–Crippen LogP) is 2.74. The molecule has 2 fully saturated rings. The van der Waals surface area contributed by atoms with E-state index in [4.69, 9.17) is 14.6 Å². The van der Waals surface area contributed by atoms with E-state index in [2.05, 4.69) is 0 Å². The molecule has 32 heavy (non-hydrogen) atoms. The molecule has 2 aromatic carbocycles. The summed E-state index contributed by atoms with van der Waals surface area (Å²) in [5, 5.41) is 9.13. The number of cyclic esters (lactones) is 1. The summed E-state index contributed by atoms with van der Waals surface area (Å²) in [7, 11) is 0. The molecule has 0 radical (unpaired) electrons. The fourth-order valence-corrected chi connectivity index (χ4v) is 3.76. The first-order valence-corrected chi connectivity index (χ1v) is 10.2. The van der Waals surface area contributed by atoms with Crippen molar-refractivity contribution >= 4 is 23.6 Å². The molecule has 2 saturated heterocycles. The van der Waals surface area contributed by atoms with E-state index in [1.54, 1.807) is 0 Å². The summed E-state index contributed by atoms with van der Waals surface area (Å²) in [6, 6.07) is 11.4. The molecular weight excluding hydrogens is 424 g/mol. The highest BCUT2D eigenvalue weighted by Gasteiger charge is 2.33. The predicted molar refractivity (Wildman–Crippen MR) is 111 cm³/mol. The van der Waals surface area contributed by atoms with E-state index < -0.39 is 29.9 Å². The molecule has 2 aromatic rings. The van der Waals surface area contributed by atoms with Crippen molar-refractivity contribution in [2.75, 3.05) is 49.1 Å². The van der Waals surface area contributed by atoms with Gasteiger partial charge in [-0.05, 0) is 5.56 Å². The first kappa shape index (κ1) is 21.8. The molecule has 0 saturated carbocycles. The van der Waals surface area contributed by atoms with Gasteiger partial charge in [0.25, 0.3) is 0 Å². The second kappa shape index (κ2) is 9.39. The monoisotopic (exact) mass is 447 g/mol. The molecule has 0 spiro atoms. The summed E-state index contributed by atoms with van der Waals surface area (Å²) in [4.78, 5) is 28.3. The third kappa shape index (κ3) is 4.59. The number of benzene rings is 2. The number of carbonyl (C=O) groups excluding carboxylic acids is 2. The Labute approximate surface area is 183 Å². The minimum absolute atomic E-state index is 0.0112. The Balaban J connectivity index is 1.37. The molecule has 170 valence electrons. The van der Waals surface area contributed by atoms with Crippen LogP contribution < -0.4 is 9.80 Å². The Morgan fingerprint density at radius 2 is 1.75 bits per heavy atom. The van der Waals surface area contributed by atoms with Crippen molar-refractivity contribution in [1.82, 2.24) is 4.90 Å². The molecule has 0 aliphatic carbocycles. The van der Waals surface area contributed by atoms with Gasteiger partial charge in [0.15, 0.2) is 11.6 Å². The summed E-state index contributed by atoms with van der Waals surface area (Å²) in [6.45, 7) is 0.759. The summed E-state index contributed by atoms with van der Waals surface area (Å²) < 4.78 is 39.8. The summed E-state index contributed by atoms with van der Waals surface area (Å²) in [5.74, 6) is -1.64. The largest absolute Gasteiger partial charge is 0.445 e. The SMILES string of the molecule is O=C(OCc1ccccc1)N1CCN(c2c(F)cc(N3CC(CO)OC3=O)cc2F)CC1. The molecule has 1 N–H and O–H groups in total. The number of hydrogen-bond donors (Lipinski definition) is 1. The van der Waals surface area contributed by atoms with Crippen molar-refractivity contribution in [3.8, 4) is 0 Å². The highest BCUT2D eigenvalue weighted by molar-refractivity contribution is 5.90. The number of aliphatic hydroxyl groups is 1. The van der Waals surface area contributed by atoms with Crippen LogP contribution in [0.4, 0.5) is 29.7 Å². The lowest BCUT2D eigenvalue weighted by Gasteiger charge is -2.35. The van der Waals surface area contributed by atoms with Crippen LogP contribution in [0.25, 0.3) is 0 Å². The van der Waals surface area contributed by atoms with Gasteiger partial charge < -0.3 is 24.4 Å². The summed E-state index contributed by atoms with van der Waals surface area (Å²) in [5.41, 5.74) is 0.682. The van der Waals surface area contributed by atoms with E-state index in [9.17, 15) is 18.4 Å². The fourth-order valence-electron chi connectivity index (χ4n) is 3.76. The molecule has 0 bridgehead atoms. The second-order valence-corrected chi connectivity index (χ2v) is 7.57. The topological polar surface area (TPSA) is 82.6 Å². The number of anilines is 2. The first-order valence-electron chi connectivity index (χ1n) is 10.2. The molecule has 1 unspecified atom stereocenters. The standard InChI is InChI=1S/C22H23F2N3O5/c23-18-10-16(27-12-17(13-28)32-22(27)30)11-19(24)20(18)25-6-8-26(9-7-25)21(29)31-14-15-4-2-1-3-5-15/h1-5,10-11,17,28H,6-9,12-14H2. The average molecular weight is 447 g/mol. The van der Waals surface area contributed by atoms with Crippen LogP contribution >= 0.6 is 0 Å². The molecule has 2 aliphatic rings. The molecule has 2 amide bonds. The summed E-state index contributed by atoms with van der Waals surface area (Å²) >= 11 is 0. The number of piperazine rings is 1. The maximum atomic E-state index is 14.8. The quantitative estimate of drug-likeness (QED) is 0.759. The van der Waals surface area contributed by atoms with Crippen LogP contribution in [0, 0.1) is 11.6 Å². The van der Waals surface area contributed by atoms with Gasteiger partial charge >= 0.3 is 12.2 Å². The maximum absolute atomic E-state index is 14.8. The third-order valence-corrected chi connectivity index (χ3v) is 5.45. The van der Waals surface area contributed by atoms with Crippen molar-refractivity contribution in [3.63, 3.8) is 0 Å². The molecule has 10 heteroatoms. The number of nitrogens with zero attached hydrogens (tertiary/aromatic N) is 3. The van der Waals surface area contributed by atoms with Crippen LogP contribution in [-0.2, 0) is 16.1 Å². The van der Waals surface area contributed by atoms with Crippen LogP contribution in [0.2, 0.25) is 0 Å². The summed E-state index contributed by atoms with van der Waals surface area (Å²) in [6.07, 6.45) is -1.97. The molecule has 0 aromatic heterocycles. The van der Waals surface area contributed by atoms with Gasteiger partial charge in [-0.15, -0.1) is 0 Å². The Morgan fingerprint density at radius 1 is 1.09 bits per heavy atom. The number of aliphatic hydroxyl groups excluding tert-OH is 1. The number of amides is 2. The zero-order valence-corrected chi connectivity index (χ0v) is 17.2. The Kier molecular flexibility index (Phi) is 6.40. The minimum Gasteiger partial charge on any atom is -0.445 e. The van der Waals surface area contributed by atoms with Crippen molar-refractivity contribution < 1.29 is 33.0 Å². The fraction of sp³-hybridized carbons (Fsp3) is 0.364. The van der Waals surface area contributed by atoms with Gasteiger partial charge in [-0.1, -0.05) is 30.3 Å². The van der Waals surface area contributed by atoms with Gasteiger partial charge in [-0.25, -0.2) is 18.4 Å². The van der Waals surface area contributed by atoms with E-state index >= 15 is 0 Å². The molecule has 8 nitrogen and oxygen atoms in total. The zero-order chi connectivity index (χ0) is 22.7. The zero-order valence-electron chi connectivity index (χ0n) is 17.2. The average Bonchev–Trinajstić information content (AvgIpc) is 3.19. The molecule has 4 rings (SSSR count). The van der Waals surface area contributed by atoms with Crippen molar-refractivity contribution in [1.29, 1.82) is 0 Å². The van der Waals surface area contributed by atoms with Crippen LogP contribution in [-0.4, -0.2) is 67.6 Å². The highest BCUT2D eigenvalue weighted by atomic mass is 19.1. The van der Waals surface area contributed by atoms with Gasteiger partial charge in [0.1, 0.15) is 18.4 Å². The van der Waals surface area contributed by atoms with Crippen LogP contribution in [0.15, 0.2) is 42.5 Å². The lowest BCUT2D eigenvalue weighted by molar-refractivity contribution is 0.0940. The molecular formula is C22H23F2N3O5. The maximum Gasteiger partial charge on any atom is 0.414 e. The third-order valence-electron chi connectivity index (χ3n) is 5.45. The normalized spacial score (nSPS) is 18.7. The Bertz CT molecular complexity index is 960. The van der Waals surface area contributed by atoms with Crippen LogP contribution in [0.5, 0.6) is 0 Å². The van der Waals surface area contributed by atoms with Crippen LogP contribution in [0.3, 0.4) is 0 Å². The van der Waals surface area contributed by atoms with E-state index in [1.165, 1.54) is 9.80 Å². The number of hydrogen-bond acceptors (Lipinski definition) is 6. The van der Waals surface area contributed by atoms with E-state index in [-0.39, 0.29) is 57.3 Å². The lowest BCUT2D eigenvalue weighted by atomic mass is 10.2. The van der Waals surface area contributed by atoms with E-state index in [1.807, 2.05) is 30.3 Å². The Morgan fingerprint density at radius 3 is 2.34 bits per heavy atom. The van der Waals surface area contributed by atoms with Crippen molar-refractivity contribution in [2.45, 2.75) is 12.7 Å². The Hall–Kier alpha value is -3.40. The second-order valence-electron chi connectivity index (χ2n) is 7.57. The van der Waals surface area contributed by atoms with Crippen molar-refractivity contribution in [3.05, 3.63) is 59.7 Å². The lowest BCUT2D eigenvalue weighted by Crippen LogP contribution is -2.49. The number of ether oxygens (including phenoxy) is 2. The van der Waals surface area contributed by atoms with Gasteiger partial charge in [-0.3, -0.25) is 4.90 Å². The first-order chi connectivity index (χ1) is 15.5. The smallest absolute Gasteiger partial charge is 0.414 e. The van der Waals surface area contributed by atoms with E-state index in [0.717, 1.165) is 22.6 Å². The van der Waals surface area contributed by atoms with Gasteiger partial charge in [0.2, 0.25) is 0 Å². The molecule has 2 aliphatic heterocycles. The van der Waals surface area contributed by atoms with Gasteiger partial charge in [-0.2, -0.15) is 0 Å². The molecule has 2 heterocycles. The van der Waals surface area contributed by atoms with Gasteiger partial charge in [0, 0.05) is 38.3 Å². The number of rotatable bonds is 5. The molecule has 1 atom stereocenters. The van der Waals surface area contributed by atoms with Crippen LogP contribution in [0.1, 0.15) is 5.56 Å². The van der Waals surface area contributed by atoms with E-state index in [0.29, 0.717) is 0 Å². The highest BCUT2D eigenvalue weighted by Crippen LogP contribution is 2.31.